The van der Waals surface area contributed by atoms with Crippen LogP contribution < -0.4 is 14.4 Å². The van der Waals surface area contributed by atoms with Crippen molar-refractivity contribution >= 4 is 40.5 Å². The minimum Gasteiger partial charge on any atom is -0.490 e. The van der Waals surface area contributed by atoms with Crippen LogP contribution in [0.3, 0.4) is 0 Å². The fraction of sp³-hybridized carbons (Fsp3) is 0.161. The number of aromatic carboxylic acids is 1. The minimum atomic E-state index is -1.33. The van der Waals surface area contributed by atoms with Gasteiger partial charge in [0.25, 0.3) is 0 Å². The van der Waals surface area contributed by atoms with E-state index in [1.54, 1.807) is 42.6 Å². The molecule has 0 aliphatic heterocycles. The van der Waals surface area contributed by atoms with Crippen LogP contribution in [0.25, 0.3) is 0 Å². The standard InChI is InChI=1S/C31H27ClN2O6/c1-4-39-27-15-7-20(17-28(27)40-5-2)29(35)24-13-6-19(16-25(24)31(37)38)30(36)26-14-12-23(18-33-26)34(3)22-10-8-21(32)9-11-22/h6-18H,4-5H2,1-3H3,(H,37,38). The van der Waals surface area contributed by atoms with E-state index in [0.29, 0.717) is 29.7 Å². The highest BCUT2D eigenvalue weighted by molar-refractivity contribution is 6.30. The quantitative estimate of drug-likeness (QED) is 0.209. The van der Waals surface area contributed by atoms with Crippen LogP contribution in [-0.2, 0) is 0 Å². The molecule has 0 aliphatic rings. The van der Waals surface area contributed by atoms with Gasteiger partial charge in [0.1, 0.15) is 5.69 Å². The Bertz CT molecular complexity index is 1550. The number of anilines is 2. The molecule has 0 bridgehead atoms. The Hall–Kier alpha value is -4.69. The third kappa shape index (κ3) is 6.13. The molecule has 4 aromatic rings. The summed E-state index contributed by atoms with van der Waals surface area (Å²) in [4.78, 5) is 44.8. The van der Waals surface area contributed by atoms with Crippen molar-refractivity contribution in [2.24, 2.45) is 0 Å². The first-order valence-electron chi connectivity index (χ1n) is 12.5. The zero-order valence-electron chi connectivity index (χ0n) is 22.2. The van der Waals surface area contributed by atoms with Crippen molar-refractivity contribution in [3.63, 3.8) is 0 Å². The Morgan fingerprint density at radius 1 is 0.775 bits per heavy atom. The van der Waals surface area contributed by atoms with Crippen LogP contribution in [0.1, 0.15) is 56.2 Å². The van der Waals surface area contributed by atoms with Crippen LogP contribution in [0.15, 0.2) is 79.0 Å². The lowest BCUT2D eigenvalue weighted by atomic mass is 9.94. The van der Waals surface area contributed by atoms with Crippen molar-refractivity contribution in [3.05, 3.63) is 112 Å². The molecular formula is C31H27ClN2O6. The number of carboxylic acids is 1. The smallest absolute Gasteiger partial charge is 0.336 e. The van der Waals surface area contributed by atoms with E-state index < -0.39 is 17.5 Å². The topological polar surface area (TPSA) is 106 Å². The van der Waals surface area contributed by atoms with Gasteiger partial charge in [-0.3, -0.25) is 14.6 Å². The Morgan fingerprint density at radius 2 is 1.40 bits per heavy atom. The number of aromatic nitrogens is 1. The van der Waals surface area contributed by atoms with Gasteiger partial charge in [0.05, 0.1) is 30.7 Å². The molecule has 0 saturated carbocycles. The summed E-state index contributed by atoms with van der Waals surface area (Å²) < 4.78 is 11.1. The van der Waals surface area contributed by atoms with Gasteiger partial charge in [-0.2, -0.15) is 0 Å². The molecule has 9 heteroatoms. The Labute approximate surface area is 236 Å². The maximum Gasteiger partial charge on any atom is 0.336 e. The van der Waals surface area contributed by atoms with Crippen LogP contribution in [0, 0.1) is 0 Å². The number of ether oxygens (including phenoxy) is 2. The van der Waals surface area contributed by atoms with Crippen LogP contribution in [0.5, 0.6) is 11.5 Å². The van der Waals surface area contributed by atoms with E-state index in [9.17, 15) is 19.5 Å². The van der Waals surface area contributed by atoms with Crippen molar-refractivity contribution in [3.8, 4) is 11.5 Å². The second-order valence-electron chi connectivity index (χ2n) is 8.69. The highest BCUT2D eigenvalue weighted by Gasteiger charge is 2.22. The van der Waals surface area contributed by atoms with Crippen molar-refractivity contribution in [2.75, 3.05) is 25.2 Å². The lowest BCUT2D eigenvalue weighted by Crippen LogP contribution is -2.13. The first-order chi connectivity index (χ1) is 19.2. The summed E-state index contributed by atoms with van der Waals surface area (Å²) in [6.07, 6.45) is 1.56. The van der Waals surface area contributed by atoms with Gasteiger partial charge in [0.2, 0.25) is 5.78 Å². The molecule has 0 atom stereocenters. The number of nitrogens with zero attached hydrogens (tertiary/aromatic N) is 2. The summed E-state index contributed by atoms with van der Waals surface area (Å²) in [5, 5.41) is 10.5. The maximum absolute atomic E-state index is 13.3. The zero-order chi connectivity index (χ0) is 28.8. The van der Waals surface area contributed by atoms with Gasteiger partial charge in [-0.1, -0.05) is 17.7 Å². The number of carboxylic acid groups (broad SMARTS) is 1. The molecule has 0 aliphatic carbocycles. The average Bonchev–Trinajstić information content (AvgIpc) is 2.97. The molecule has 40 heavy (non-hydrogen) atoms. The molecule has 1 heterocycles. The molecule has 4 rings (SSSR count). The number of benzene rings is 3. The molecule has 8 nitrogen and oxygen atoms in total. The maximum atomic E-state index is 13.3. The fourth-order valence-electron chi connectivity index (χ4n) is 4.09. The van der Waals surface area contributed by atoms with Crippen molar-refractivity contribution < 1.29 is 29.0 Å². The van der Waals surface area contributed by atoms with Crippen molar-refractivity contribution in [1.82, 2.24) is 4.98 Å². The molecule has 1 aromatic heterocycles. The third-order valence-corrected chi connectivity index (χ3v) is 6.40. The summed E-state index contributed by atoms with van der Waals surface area (Å²) in [6.45, 7) is 4.42. The van der Waals surface area contributed by atoms with E-state index in [-0.39, 0.29) is 27.9 Å². The molecule has 0 radical (unpaired) electrons. The predicted molar refractivity (Wildman–Crippen MR) is 153 cm³/mol. The van der Waals surface area contributed by atoms with E-state index in [0.717, 1.165) is 11.4 Å². The predicted octanol–water partition coefficient (Wildman–Crippen LogP) is 6.46. The van der Waals surface area contributed by atoms with Gasteiger partial charge in [0.15, 0.2) is 17.3 Å². The molecule has 0 fully saturated rings. The van der Waals surface area contributed by atoms with Gasteiger partial charge in [-0.05, 0) is 80.6 Å². The highest BCUT2D eigenvalue weighted by atomic mass is 35.5. The van der Waals surface area contributed by atoms with Gasteiger partial charge in [-0.25, -0.2) is 4.79 Å². The third-order valence-electron chi connectivity index (χ3n) is 6.14. The number of halogens is 1. The molecular weight excluding hydrogens is 532 g/mol. The van der Waals surface area contributed by atoms with Crippen LogP contribution in [-0.4, -0.2) is 47.9 Å². The monoisotopic (exact) mass is 558 g/mol. The fourth-order valence-corrected chi connectivity index (χ4v) is 4.21. The van der Waals surface area contributed by atoms with Crippen LogP contribution in [0.4, 0.5) is 11.4 Å². The van der Waals surface area contributed by atoms with Crippen molar-refractivity contribution in [1.29, 1.82) is 0 Å². The van der Waals surface area contributed by atoms with Gasteiger partial charge >= 0.3 is 5.97 Å². The minimum absolute atomic E-state index is 0.0523. The normalized spacial score (nSPS) is 10.6. The number of hydrogen-bond acceptors (Lipinski definition) is 7. The van der Waals surface area contributed by atoms with Crippen LogP contribution >= 0.6 is 11.6 Å². The SMILES string of the molecule is CCOc1ccc(C(=O)c2ccc(C(=O)c3ccc(N(C)c4ccc(Cl)cc4)cn3)cc2C(=O)O)cc1OCC. The molecule has 0 unspecified atom stereocenters. The molecule has 204 valence electrons. The van der Waals surface area contributed by atoms with E-state index in [2.05, 4.69) is 4.98 Å². The van der Waals surface area contributed by atoms with Crippen LogP contribution in [0.2, 0.25) is 5.02 Å². The van der Waals surface area contributed by atoms with E-state index in [1.165, 1.54) is 24.3 Å². The van der Waals surface area contributed by atoms with Gasteiger partial charge in [0, 0.05) is 34.4 Å². The molecule has 1 N–H and O–H groups in total. The Morgan fingerprint density at radius 3 is 2.02 bits per heavy atom. The van der Waals surface area contributed by atoms with Gasteiger partial charge in [-0.15, -0.1) is 0 Å². The molecule has 0 saturated heterocycles. The Kier molecular flexibility index (Phi) is 8.81. The summed E-state index contributed by atoms with van der Waals surface area (Å²) in [5.74, 6) is -1.45. The molecule has 0 spiro atoms. The second kappa shape index (κ2) is 12.4. The lowest BCUT2D eigenvalue weighted by Gasteiger charge is -2.19. The number of ketones is 2. The number of rotatable bonds is 11. The number of carbonyl (C=O) groups is 3. The number of hydrogen-bond donors (Lipinski definition) is 1. The highest BCUT2D eigenvalue weighted by Crippen LogP contribution is 2.30. The summed E-state index contributed by atoms with van der Waals surface area (Å²) in [5.41, 5.74) is 1.75. The average molecular weight is 559 g/mol. The first kappa shape index (κ1) is 28.3. The molecule has 3 aromatic carbocycles. The summed E-state index contributed by atoms with van der Waals surface area (Å²) in [6, 6.07) is 19.2. The Balaban J connectivity index is 1.60. The lowest BCUT2D eigenvalue weighted by molar-refractivity contribution is 0.0692. The van der Waals surface area contributed by atoms with E-state index in [1.807, 2.05) is 37.9 Å². The largest absolute Gasteiger partial charge is 0.490 e. The summed E-state index contributed by atoms with van der Waals surface area (Å²) >= 11 is 5.97. The zero-order valence-corrected chi connectivity index (χ0v) is 22.9. The molecule has 0 amide bonds. The second-order valence-corrected chi connectivity index (χ2v) is 9.12. The van der Waals surface area contributed by atoms with Gasteiger partial charge < -0.3 is 19.5 Å². The first-order valence-corrected chi connectivity index (χ1v) is 12.9. The van der Waals surface area contributed by atoms with Crippen molar-refractivity contribution in [2.45, 2.75) is 13.8 Å². The van der Waals surface area contributed by atoms with E-state index >= 15 is 0 Å². The number of carbonyl (C=O) groups excluding carboxylic acids is 2. The van der Waals surface area contributed by atoms with E-state index in [4.69, 9.17) is 21.1 Å². The number of pyridine rings is 1. The summed E-state index contributed by atoms with van der Waals surface area (Å²) in [7, 11) is 1.86.